The van der Waals surface area contributed by atoms with Crippen LogP contribution in [0.4, 0.5) is 4.39 Å². The van der Waals surface area contributed by atoms with Gasteiger partial charge in [-0.3, -0.25) is 0 Å². The molecule has 76 valence electrons. The smallest absolute Gasteiger partial charge is 0.137 e. The van der Waals surface area contributed by atoms with Crippen molar-refractivity contribution >= 4 is 15.9 Å². The Balaban J connectivity index is 2.21. The molecule has 1 N–H and O–H groups in total. The Bertz CT molecular complexity index is 347. The third-order valence-corrected chi connectivity index (χ3v) is 3.78. The molecule has 0 unspecified atom stereocenters. The number of aliphatic hydroxyl groups excluding tert-OH is 1. The van der Waals surface area contributed by atoms with E-state index in [1.54, 1.807) is 6.07 Å². The molecule has 0 bridgehead atoms. The zero-order chi connectivity index (χ0) is 10.2. The van der Waals surface area contributed by atoms with Crippen LogP contribution in [0.2, 0.25) is 0 Å². The van der Waals surface area contributed by atoms with Crippen molar-refractivity contribution in [3.63, 3.8) is 0 Å². The maximum Gasteiger partial charge on any atom is 0.137 e. The van der Waals surface area contributed by atoms with Gasteiger partial charge in [0.1, 0.15) is 5.82 Å². The van der Waals surface area contributed by atoms with Crippen molar-refractivity contribution in [1.82, 2.24) is 0 Å². The summed E-state index contributed by atoms with van der Waals surface area (Å²) in [5.41, 5.74) is 0.993. The van der Waals surface area contributed by atoms with Gasteiger partial charge in [-0.05, 0) is 52.2 Å². The van der Waals surface area contributed by atoms with Crippen LogP contribution in [0.15, 0.2) is 22.7 Å². The number of hydrogen-bond acceptors (Lipinski definition) is 1. The second-order valence-corrected chi connectivity index (χ2v) is 4.84. The van der Waals surface area contributed by atoms with Crippen molar-refractivity contribution in [2.45, 2.75) is 19.3 Å². The van der Waals surface area contributed by atoms with E-state index >= 15 is 0 Å². The van der Waals surface area contributed by atoms with Crippen molar-refractivity contribution in [1.29, 1.82) is 0 Å². The summed E-state index contributed by atoms with van der Waals surface area (Å²) >= 11 is 3.23. The van der Waals surface area contributed by atoms with E-state index in [4.69, 9.17) is 5.11 Å². The minimum atomic E-state index is -0.226. The van der Waals surface area contributed by atoms with E-state index in [1.165, 1.54) is 6.07 Å². The topological polar surface area (TPSA) is 20.2 Å². The molecule has 1 fully saturated rings. The fraction of sp³-hybridized carbons (Fsp3) is 0.455. The predicted molar refractivity (Wildman–Crippen MR) is 56.6 cm³/mol. The van der Waals surface area contributed by atoms with E-state index in [1.807, 2.05) is 6.07 Å². The highest BCUT2D eigenvalue weighted by Gasteiger charge is 2.42. The number of hydrogen-bond donors (Lipinski definition) is 1. The van der Waals surface area contributed by atoms with Crippen LogP contribution in [0.25, 0.3) is 0 Å². The summed E-state index contributed by atoms with van der Waals surface area (Å²) in [6.45, 7) is 0.204. The van der Waals surface area contributed by atoms with Crippen molar-refractivity contribution in [3.8, 4) is 0 Å². The van der Waals surface area contributed by atoms with E-state index in [0.717, 1.165) is 24.8 Å². The first-order chi connectivity index (χ1) is 6.67. The van der Waals surface area contributed by atoms with Crippen molar-refractivity contribution in [2.24, 2.45) is 5.41 Å². The van der Waals surface area contributed by atoms with Crippen LogP contribution >= 0.6 is 15.9 Å². The summed E-state index contributed by atoms with van der Waals surface area (Å²) in [4.78, 5) is 0. The Morgan fingerprint density at radius 2 is 2.14 bits per heavy atom. The van der Waals surface area contributed by atoms with Crippen LogP contribution in [0.1, 0.15) is 18.4 Å². The van der Waals surface area contributed by atoms with Gasteiger partial charge in [0.15, 0.2) is 0 Å². The molecule has 1 aromatic carbocycles. The molecular weight excluding hydrogens is 247 g/mol. The molecule has 1 nitrogen and oxygen atoms in total. The van der Waals surface area contributed by atoms with Crippen molar-refractivity contribution in [2.75, 3.05) is 6.61 Å². The van der Waals surface area contributed by atoms with Crippen LogP contribution in [-0.4, -0.2) is 11.7 Å². The van der Waals surface area contributed by atoms with Gasteiger partial charge in [0.05, 0.1) is 4.47 Å². The summed E-state index contributed by atoms with van der Waals surface area (Å²) in [6.07, 6.45) is 2.86. The van der Waals surface area contributed by atoms with Crippen LogP contribution in [0.5, 0.6) is 0 Å². The molecule has 3 heteroatoms. The zero-order valence-corrected chi connectivity index (χ0v) is 9.35. The normalized spacial score (nSPS) is 18.2. The van der Waals surface area contributed by atoms with Crippen LogP contribution in [0, 0.1) is 11.2 Å². The van der Waals surface area contributed by atoms with E-state index in [-0.39, 0.29) is 17.8 Å². The average molecular weight is 259 g/mol. The summed E-state index contributed by atoms with van der Waals surface area (Å²) in [7, 11) is 0. The third-order valence-electron chi connectivity index (χ3n) is 2.89. The van der Waals surface area contributed by atoms with Gasteiger partial charge in [-0.15, -0.1) is 0 Å². The van der Waals surface area contributed by atoms with E-state index in [0.29, 0.717) is 4.47 Å². The fourth-order valence-electron chi connectivity index (χ4n) is 1.66. The molecule has 1 aliphatic carbocycles. The summed E-state index contributed by atoms with van der Waals surface area (Å²) in [5.74, 6) is -0.226. The Morgan fingerprint density at radius 1 is 1.43 bits per heavy atom. The number of aliphatic hydroxyl groups is 1. The highest BCUT2D eigenvalue weighted by atomic mass is 79.9. The Hall–Kier alpha value is -0.410. The first-order valence-corrected chi connectivity index (χ1v) is 5.50. The molecule has 0 amide bonds. The minimum Gasteiger partial charge on any atom is -0.396 e. The highest BCUT2D eigenvalue weighted by Crippen LogP contribution is 2.48. The largest absolute Gasteiger partial charge is 0.396 e. The molecule has 0 aromatic heterocycles. The molecule has 0 heterocycles. The molecule has 0 radical (unpaired) electrons. The SMILES string of the molecule is OCC1(Cc2cccc(F)c2Br)CC1. The quantitative estimate of drug-likeness (QED) is 0.884. The summed E-state index contributed by atoms with van der Waals surface area (Å²) in [6, 6.07) is 5.05. The maximum absolute atomic E-state index is 13.2. The summed E-state index contributed by atoms with van der Waals surface area (Å²) in [5, 5.41) is 9.17. The molecule has 2 rings (SSSR count). The van der Waals surface area contributed by atoms with Crippen LogP contribution < -0.4 is 0 Å². The van der Waals surface area contributed by atoms with Crippen molar-refractivity contribution < 1.29 is 9.50 Å². The van der Waals surface area contributed by atoms with Crippen LogP contribution in [-0.2, 0) is 6.42 Å². The highest BCUT2D eigenvalue weighted by molar-refractivity contribution is 9.10. The lowest BCUT2D eigenvalue weighted by Gasteiger charge is -2.12. The second-order valence-electron chi connectivity index (χ2n) is 4.05. The lowest BCUT2D eigenvalue weighted by atomic mass is 9.97. The third kappa shape index (κ3) is 1.84. The molecule has 1 saturated carbocycles. The summed E-state index contributed by atoms with van der Waals surface area (Å²) < 4.78 is 13.7. The molecule has 1 aliphatic rings. The van der Waals surface area contributed by atoms with E-state index in [2.05, 4.69) is 15.9 Å². The number of rotatable bonds is 3. The molecular formula is C11H12BrFO. The monoisotopic (exact) mass is 258 g/mol. The zero-order valence-electron chi connectivity index (χ0n) is 7.76. The minimum absolute atomic E-state index is 0.0380. The lowest BCUT2D eigenvalue weighted by Crippen LogP contribution is -2.10. The first kappa shape index (κ1) is 10.1. The Labute approximate surface area is 91.1 Å². The van der Waals surface area contributed by atoms with Gasteiger partial charge >= 0.3 is 0 Å². The van der Waals surface area contributed by atoms with Gasteiger partial charge < -0.3 is 5.11 Å². The predicted octanol–water partition coefficient (Wildman–Crippen LogP) is 2.90. The standard InChI is InChI=1S/C11H12BrFO/c12-10-8(2-1-3-9(10)13)6-11(7-14)4-5-11/h1-3,14H,4-7H2. The van der Waals surface area contributed by atoms with Crippen molar-refractivity contribution in [3.05, 3.63) is 34.1 Å². The maximum atomic E-state index is 13.2. The van der Waals surface area contributed by atoms with Gasteiger partial charge in [0.25, 0.3) is 0 Å². The van der Waals surface area contributed by atoms with Gasteiger partial charge in [-0.2, -0.15) is 0 Å². The molecule has 0 spiro atoms. The Morgan fingerprint density at radius 3 is 2.71 bits per heavy atom. The number of halogens is 2. The van der Waals surface area contributed by atoms with E-state index in [9.17, 15) is 4.39 Å². The second kappa shape index (κ2) is 3.63. The van der Waals surface area contributed by atoms with Gasteiger partial charge in [-0.25, -0.2) is 4.39 Å². The van der Waals surface area contributed by atoms with Gasteiger partial charge in [-0.1, -0.05) is 12.1 Å². The van der Waals surface area contributed by atoms with Gasteiger partial charge in [0, 0.05) is 6.61 Å². The average Bonchev–Trinajstić information content (AvgIpc) is 2.94. The fourth-order valence-corrected chi connectivity index (χ4v) is 2.06. The van der Waals surface area contributed by atoms with E-state index < -0.39 is 0 Å². The molecule has 0 aliphatic heterocycles. The molecule has 0 saturated heterocycles. The molecule has 1 aromatic rings. The molecule has 0 atom stereocenters. The van der Waals surface area contributed by atoms with Crippen LogP contribution in [0.3, 0.4) is 0 Å². The van der Waals surface area contributed by atoms with Gasteiger partial charge in [0.2, 0.25) is 0 Å². The number of benzene rings is 1. The Kier molecular flexibility index (Phi) is 2.62. The first-order valence-electron chi connectivity index (χ1n) is 4.71. The lowest BCUT2D eigenvalue weighted by molar-refractivity contribution is 0.211. The molecule has 14 heavy (non-hydrogen) atoms.